The highest BCUT2D eigenvalue weighted by atomic mass is 16.5. The van der Waals surface area contributed by atoms with Crippen LogP contribution in [0.15, 0.2) is 18.2 Å². The monoisotopic (exact) mass is 443 g/mol. The van der Waals surface area contributed by atoms with Gasteiger partial charge in [-0.2, -0.15) is 0 Å². The fourth-order valence-corrected chi connectivity index (χ4v) is 5.37. The van der Waals surface area contributed by atoms with E-state index in [0.29, 0.717) is 50.5 Å². The normalized spacial score (nSPS) is 22.2. The molecule has 1 aromatic rings. The Balaban J connectivity index is 1.50. The van der Waals surface area contributed by atoms with Crippen LogP contribution in [0.2, 0.25) is 0 Å². The van der Waals surface area contributed by atoms with Gasteiger partial charge in [-0.1, -0.05) is 30.9 Å². The summed E-state index contributed by atoms with van der Waals surface area (Å²) >= 11 is 0. The lowest BCUT2D eigenvalue weighted by Crippen LogP contribution is -2.56. The van der Waals surface area contributed by atoms with Gasteiger partial charge in [0.2, 0.25) is 5.91 Å². The molecule has 1 spiro atoms. The number of fused-ring (bicyclic) bond motifs is 1. The van der Waals surface area contributed by atoms with E-state index in [0.717, 1.165) is 18.4 Å². The van der Waals surface area contributed by atoms with Gasteiger partial charge in [-0.3, -0.25) is 9.59 Å². The van der Waals surface area contributed by atoms with E-state index in [1.54, 1.807) is 4.90 Å². The van der Waals surface area contributed by atoms with Crippen LogP contribution in [0.1, 0.15) is 60.9 Å². The molecule has 1 aliphatic carbocycles. The predicted octanol–water partition coefficient (Wildman–Crippen LogP) is 2.76. The van der Waals surface area contributed by atoms with Crippen LogP contribution in [-0.2, 0) is 9.53 Å². The first-order valence-electron chi connectivity index (χ1n) is 11.9. The van der Waals surface area contributed by atoms with Crippen molar-refractivity contribution in [3.05, 3.63) is 29.3 Å². The van der Waals surface area contributed by atoms with E-state index in [4.69, 9.17) is 9.47 Å². The van der Waals surface area contributed by atoms with E-state index in [1.807, 2.05) is 25.1 Å². The Hall–Kier alpha value is -2.12. The highest BCUT2D eigenvalue weighted by Gasteiger charge is 2.42. The van der Waals surface area contributed by atoms with Gasteiger partial charge >= 0.3 is 0 Å². The Morgan fingerprint density at radius 3 is 2.53 bits per heavy atom. The third kappa shape index (κ3) is 4.79. The molecule has 176 valence electrons. The smallest absolute Gasteiger partial charge is 0.258 e. The topological polar surface area (TPSA) is 71.1 Å². The summed E-state index contributed by atoms with van der Waals surface area (Å²) in [6.07, 6.45) is 7.23. The Labute approximate surface area is 191 Å². The maximum absolute atomic E-state index is 13.5. The zero-order chi connectivity index (χ0) is 22.8. The summed E-state index contributed by atoms with van der Waals surface area (Å²) in [5, 5.41) is 3.15. The highest BCUT2D eigenvalue weighted by molar-refractivity contribution is 5.99. The minimum atomic E-state index is -0.511. The molecule has 1 saturated carbocycles. The molecule has 7 nitrogen and oxygen atoms in total. The summed E-state index contributed by atoms with van der Waals surface area (Å²) in [4.78, 5) is 30.4. The first-order chi connectivity index (χ1) is 15.3. The first kappa shape index (κ1) is 23.1. The third-order valence-corrected chi connectivity index (χ3v) is 7.54. The molecule has 2 amide bonds. The van der Waals surface area contributed by atoms with Crippen LogP contribution in [0.25, 0.3) is 0 Å². The van der Waals surface area contributed by atoms with Crippen molar-refractivity contribution in [1.29, 1.82) is 0 Å². The van der Waals surface area contributed by atoms with Crippen LogP contribution in [0, 0.1) is 6.92 Å². The minimum Gasteiger partial charge on any atom is -0.484 e. The Morgan fingerprint density at radius 2 is 1.84 bits per heavy atom. The number of likely N-dealkylation sites (N-methyl/N-ethyl adjacent to an activating group) is 1. The van der Waals surface area contributed by atoms with E-state index in [9.17, 15) is 9.59 Å². The average Bonchev–Trinajstić information content (AvgIpc) is 2.88. The van der Waals surface area contributed by atoms with E-state index < -0.39 is 5.60 Å². The van der Waals surface area contributed by atoms with Crippen molar-refractivity contribution in [1.82, 2.24) is 15.1 Å². The molecule has 1 saturated heterocycles. The van der Waals surface area contributed by atoms with Gasteiger partial charge in [0, 0.05) is 24.9 Å². The maximum Gasteiger partial charge on any atom is 0.258 e. The summed E-state index contributed by atoms with van der Waals surface area (Å²) in [6.45, 7) is 4.22. The second-order valence-electron chi connectivity index (χ2n) is 10.0. The van der Waals surface area contributed by atoms with Crippen molar-refractivity contribution in [2.75, 3.05) is 46.9 Å². The van der Waals surface area contributed by atoms with Gasteiger partial charge < -0.3 is 24.6 Å². The van der Waals surface area contributed by atoms with Gasteiger partial charge in [0.25, 0.3) is 5.91 Å². The lowest BCUT2D eigenvalue weighted by Gasteiger charge is -2.43. The molecule has 2 aliphatic heterocycles. The molecule has 0 atom stereocenters. The van der Waals surface area contributed by atoms with E-state index >= 15 is 0 Å². The summed E-state index contributed by atoms with van der Waals surface area (Å²) < 4.78 is 12.0. The van der Waals surface area contributed by atoms with Gasteiger partial charge in [-0.25, -0.2) is 0 Å². The summed E-state index contributed by atoms with van der Waals surface area (Å²) in [7, 11) is 4.20. The van der Waals surface area contributed by atoms with Gasteiger partial charge in [-0.15, -0.1) is 0 Å². The van der Waals surface area contributed by atoms with Crippen LogP contribution in [0.4, 0.5) is 0 Å². The quantitative estimate of drug-likeness (QED) is 0.758. The van der Waals surface area contributed by atoms with Crippen molar-refractivity contribution in [3.8, 4) is 5.75 Å². The Morgan fingerprint density at radius 1 is 1.12 bits per heavy atom. The van der Waals surface area contributed by atoms with Crippen LogP contribution in [0.5, 0.6) is 5.75 Å². The van der Waals surface area contributed by atoms with Crippen molar-refractivity contribution in [2.45, 2.75) is 63.0 Å². The zero-order valence-corrected chi connectivity index (χ0v) is 19.7. The first-order valence-corrected chi connectivity index (χ1v) is 11.9. The molecule has 3 aliphatic rings. The second kappa shape index (κ2) is 9.40. The fourth-order valence-electron chi connectivity index (χ4n) is 5.37. The fraction of sp³-hybridized carbons (Fsp3) is 0.680. The van der Waals surface area contributed by atoms with Crippen LogP contribution < -0.4 is 10.1 Å². The molecule has 2 heterocycles. The largest absolute Gasteiger partial charge is 0.484 e. The third-order valence-electron chi connectivity index (χ3n) is 7.54. The number of ether oxygens (including phenoxy) is 2. The van der Waals surface area contributed by atoms with Crippen molar-refractivity contribution in [3.63, 3.8) is 0 Å². The molecular formula is C25H37N3O4. The molecule has 1 N–H and O–H groups in total. The SMILES string of the molecule is Cc1ccc2c(c1)C(=O)N(CC(=O)NCC1(N(C)C)CCCCC1)CC1(CCOCC1)O2. The van der Waals surface area contributed by atoms with E-state index in [2.05, 4.69) is 24.3 Å². The molecule has 0 aromatic heterocycles. The molecule has 32 heavy (non-hydrogen) atoms. The van der Waals surface area contributed by atoms with Gasteiger partial charge in [0.15, 0.2) is 0 Å². The molecule has 0 unspecified atom stereocenters. The molecule has 0 bridgehead atoms. The lowest BCUT2D eigenvalue weighted by molar-refractivity contribution is -0.123. The summed E-state index contributed by atoms with van der Waals surface area (Å²) in [5.41, 5.74) is 1.03. The van der Waals surface area contributed by atoms with Crippen molar-refractivity contribution < 1.29 is 19.1 Å². The summed E-state index contributed by atoms with van der Waals surface area (Å²) in [6, 6.07) is 5.71. The van der Waals surface area contributed by atoms with Crippen LogP contribution in [-0.4, -0.2) is 79.7 Å². The van der Waals surface area contributed by atoms with Crippen molar-refractivity contribution in [2.24, 2.45) is 0 Å². The van der Waals surface area contributed by atoms with E-state index in [-0.39, 0.29) is 23.9 Å². The van der Waals surface area contributed by atoms with Crippen molar-refractivity contribution >= 4 is 11.8 Å². The Bertz CT molecular complexity index is 842. The maximum atomic E-state index is 13.5. The lowest BCUT2D eigenvalue weighted by atomic mass is 9.80. The molecule has 1 aromatic carbocycles. The number of benzene rings is 1. The number of aryl methyl sites for hydroxylation is 1. The number of nitrogens with one attached hydrogen (secondary N) is 1. The van der Waals surface area contributed by atoms with Crippen LogP contribution in [0.3, 0.4) is 0 Å². The number of hydrogen-bond donors (Lipinski definition) is 1. The zero-order valence-electron chi connectivity index (χ0n) is 19.7. The molecular weight excluding hydrogens is 406 g/mol. The number of rotatable bonds is 5. The van der Waals surface area contributed by atoms with Gasteiger partial charge in [0.05, 0.1) is 31.9 Å². The molecule has 2 fully saturated rings. The molecule has 4 rings (SSSR count). The summed E-state index contributed by atoms with van der Waals surface area (Å²) in [5.74, 6) is 0.366. The molecule has 7 heteroatoms. The molecule has 0 radical (unpaired) electrons. The standard InChI is InChI=1S/C25H37N3O4/c1-19-7-8-21-20(15-19)23(30)28(18-25(32-21)11-13-31-14-12-25)16-22(29)26-17-24(27(2)3)9-5-4-6-10-24/h7-8,15H,4-6,9-14,16-18H2,1-3H3,(H,26,29). The van der Waals surface area contributed by atoms with Gasteiger partial charge in [0.1, 0.15) is 11.4 Å². The highest BCUT2D eigenvalue weighted by Crippen LogP contribution is 2.35. The van der Waals surface area contributed by atoms with E-state index in [1.165, 1.54) is 19.3 Å². The predicted molar refractivity (Wildman–Crippen MR) is 123 cm³/mol. The second-order valence-corrected chi connectivity index (χ2v) is 10.0. The van der Waals surface area contributed by atoms with Gasteiger partial charge in [-0.05, 0) is 46.0 Å². The number of carbonyl (C=O) groups is 2. The minimum absolute atomic E-state index is 0.00542. The Kier molecular flexibility index (Phi) is 6.77. The average molecular weight is 444 g/mol. The number of hydrogen-bond acceptors (Lipinski definition) is 5. The number of nitrogens with zero attached hydrogens (tertiary/aromatic N) is 2. The number of amides is 2. The van der Waals surface area contributed by atoms with Crippen LogP contribution >= 0.6 is 0 Å². The number of carbonyl (C=O) groups excluding carboxylic acids is 2.